The van der Waals surface area contributed by atoms with E-state index in [2.05, 4.69) is 11.1 Å². The van der Waals surface area contributed by atoms with Crippen molar-refractivity contribution in [1.82, 2.24) is 4.98 Å². The molecule has 2 heterocycles. The van der Waals surface area contributed by atoms with Gasteiger partial charge in [0.05, 0.1) is 24.0 Å². The van der Waals surface area contributed by atoms with Crippen molar-refractivity contribution in [1.29, 1.82) is 0 Å². The number of carbonyl (C=O) groups excluding carboxylic acids is 2. The number of aliphatic hydroxyl groups is 2. The van der Waals surface area contributed by atoms with Crippen LogP contribution in [-0.4, -0.2) is 39.2 Å². The van der Waals surface area contributed by atoms with Crippen molar-refractivity contribution in [2.24, 2.45) is 17.3 Å². The first-order valence-corrected chi connectivity index (χ1v) is 12.5. The number of cyclic esters (lactones) is 1. The zero-order chi connectivity index (χ0) is 25.9. The largest absolute Gasteiger partial charge is 0.457 e. The number of aryl methyl sites for hydroxylation is 1. The lowest BCUT2D eigenvalue weighted by Gasteiger charge is -2.34. The first-order valence-electron chi connectivity index (χ1n) is 12.5. The summed E-state index contributed by atoms with van der Waals surface area (Å²) in [6.07, 6.45) is 2.14. The van der Waals surface area contributed by atoms with E-state index in [4.69, 9.17) is 9.15 Å². The van der Waals surface area contributed by atoms with Crippen LogP contribution < -0.4 is 0 Å². The Labute approximate surface area is 207 Å². The number of oxazole rings is 1. The standard InChI is InChI=1S/C28H39NO6/c1-16-8-7-9-17(2)26(32)18(3)27(33)28(5,6)24(30)15-25(31)35-22(13-10-16)20-11-12-21-23(14-20)34-19(4)29-21/h10-12,14,17-18,22,24,26,30,32H,7-9,13,15H2,1-6H3/b16-10-/t17?,18?,22-,24?,26-/m0/s1. The molecule has 0 fully saturated rings. The molecule has 0 spiro atoms. The molecule has 0 saturated carbocycles. The van der Waals surface area contributed by atoms with Gasteiger partial charge in [0.2, 0.25) is 0 Å². The summed E-state index contributed by atoms with van der Waals surface area (Å²) in [6, 6.07) is 5.55. The maximum absolute atomic E-state index is 13.2. The Bertz CT molecular complexity index is 1080. The van der Waals surface area contributed by atoms with Gasteiger partial charge in [-0.2, -0.15) is 0 Å². The SMILES string of the molecule is C/C1=C/C[C@@H](c2ccc3nc(C)oc3c2)OC(=O)CC(O)C(C)(C)C(=O)C(C)[C@@H](O)C(C)CCC1. The molecule has 7 nitrogen and oxygen atoms in total. The van der Waals surface area contributed by atoms with Crippen LogP contribution in [0.3, 0.4) is 0 Å². The molecular weight excluding hydrogens is 446 g/mol. The molecule has 0 saturated heterocycles. The fourth-order valence-corrected chi connectivity index (χ4v) is 4.81. The highest BCUT2D eigenvalue weighted by atomic mass is 16.5. The Morgan fingerprint density at radius 3 is 2.54 bits per heavy atom. The number of carbonyl (C=O) groups is 2. The molecule has 7 heteroatoms. The fraction of sp³-hybridized carbons (Fsp3) is 0.607. The predicted molar refractivity (Wildman–Crippen MR) is 134 cm³/mol. The zero-order valence-electron chi connectivity index (χ0n) is 21.7. The molecule has 192 valence electrons. The molecule has 2 aromatic rings. The number of aromatic nitrogens is 1. The zero-order valence-corrected chi connectivity index (χ0v) is 21.7. The van der Waals surface area contributed by atoms with E-state index >= 15 is 0 Å². The van der Waals surface area contributed by atoms with Gasteiger partial charge in [-0.3, -0.25) is 9.59 Å². The van der Waals surface area contributed by atoms with Crippen LogP contribution in [0.25, 0.3) is 11.1 Å². The lowest BCUT2D eigenvalue weighted by molar-refractivity contribution is -0.155. The van der Waals surface area contributed by atoms with Gasteiger partial charge in [-0.05, 0) is 49.8 Å². The monoisotopic (exact) mass is 485 g/mol. The second kappa shape index (κ2) is 11.0. The van der Waals surface area contributed by atoms with Crippen LogP contribution in [0.15, 0.2) is 34.3 Å². The van der Waals surface area contributed by atoms with Crippen molar-refractivity contribution >= 4 is 22.9 Å². The Morgan fingerprint density at radius 2 is 1.83 bits per heavy atom. The van der Waals surface area contributed by atoms with E-state index < -0.39 is 35.6 Å². The van der Waals surface area contributed by atoms with Crippen LogP contribution in [0.5, 0.6) is 0 Å². The minimum absolute atomic E-state index is 0.0580. The summed E-state index contributed by atoms with van der Waals surface area (Å²) in [5, 5.41) is 21.6. The van der Waals surface area contributed by atoms with Crippen molar-refractivity contribution < 1.29 is 29.0 Å². The number of aliphatic hydroxyl groups excluding tert-OH is 2. The molecule has 1 aliphatic rings. The first kappa shape index (κ1) is 27.1. The second-order valence-corrected chi connectivity index (χ2v) is 10.7. The van der Waals surface area contributed by atoms with Gasteiger partial charge in [-0.25, -0.2) is 4.98 Å². The number of hydrogen-bond donors (Lipinski definition) is 2. The summed E-state index contributed by atoms with van der Waals surface area (Å²) >= 11 is 0. The van der Waals surface area contributed by atoms with Gasteiger partial charge >= 0.3 is 5.97 Å². The molecule has 0 amide bonds. The van der Waals surface area contributed by atoms with Gasteiger partial charge in [0.1, 0.15) is 17.4 Å². The number of esters is 1. The highest BCUT2D eigenvalue weighted by molar-refractivity contribution is 5.88. The number of nitrogens with zero attached hydrogens (tertiary/aromatic N) is 1. The van der Waals surface area contributed by atoms with E-state index in [1.807, 2.05) is 32.0 Å². The second-order valence-electron chi connectivity index (χ2n) is 10.7. The molecule has 3 rings (SSSR count). The molecule has 3 unspecified atom stereocenters. The highest BCUT2D eigenvalue weighted by Gasteiger charge is 2.42. The maximum Gasteiger partial charge on any atom is 0.309 e. The van der Waals surface area contributed by atoms with Gasteiger partial charge in [0, 0.05) is 19.3 Å². The average molecular weight is 486 g/mol. The first-order chi connectivity index (χ1) is 16.4. The van der Waals surface area contributed by atoms with E-state index in [0.29, 0.717) is 17.9 Å². The van der Waals surface area contributed by atoms with Crippen LogP contribution >= 0.6 is 0 Å². The quantitative estimate of drug-likeness (QED) is 0.421. The number of ether oxygens (including phenoxy) is 1. The minimum Gasteiger partial charge on any atom is -0.457 e. The third-order valence-electron chi connectivity index (χ3n) is 7.41. The number of allylic oxidation sites excluding steroid dienone is 1. The van der Waals surface area contributed by atoms with Crippen molar-refractivity contribution in [2.45, 2.75) is 92.0 Å². The maximum atomic E-state index is 13.2. The van der Waals surface area contributed by atoms with E-state index in [9.17, 15) is 19.8 Å². The van der Waals surface area contributed by atoms with Crippen LogP contribution in [0, 0.1) is 24.2 Å². The van der Waals surface area contributed by atoms with Crippen LogP contribution in [0.2, 0.25) is 0 Å². The van der Waals surface area contributed by atoms with E-state index in [1.165, 1.54) is 5.57 Å². The van der Waals surface area contributed by atoms with E-state index in [-0.39, 0.29) is 18.1 Å². The van der Waals surface area contributed by atoms with Gasteiger partial charge in [-0.15, -0.1) is 0 Å². The molecule has 5 atom stereocenters. The minimum atomic E-state index is -1.24. The number of benzene rings is 1. The lowest BCUT2D eigenvalue weighted by Crippen LogP contribution is -2.45. The summed E-state index contributed by atoms with van der Waals surface area (Å²) in [7, 11) is 0. The van der Waals surface area contributed by atoms with Crippen LogP contribution in [0.4, 0.5) is 0 Å². The molecule has 0 bridgehead atoms. The molecule has 0 aliphatic carbocycles. The van der Waals surface area contributed by atoms with Crippen molar-refractivity contribution in [2.75, 3.05) is 0 Å². The lowest BCUT2D eigenvalue weighted by atomic mass is 9.73. The van der Waals surface area contributed by atoms with Crippen molar-refractivity contribution in [3.63, 3.8) is 0 Å². The molecule has 1 aromatic carbocycles. The summed E-state index contributed by atoms with van der Waals surface area (Å²) in [5.74, 6) is -0.996. The number of Topliss-reactive ketones (excluding diaryl/α,β-unsaturated/α-hetero) is 1. The normalized spacial score (nSPS) is 31.1. The molecule has 0 radical (unpaired) electrons. The van der Waals surface area contributed by atoms with Crippen LogP contribution in [-0.2, 0) is 14.3 Å². The van der Waals surface area contributed by atoms with Gasteiger partial charge in [-0.1, -0.05) is 45.4 Å². The van der Waals surface area contributed by atoms with Crippen molar-refractivity contribution in [3.8, 4) is 0 Å². The van der Waals surface area contributed by atoms with Gasteiger partial charge in [0.25, 0.3) is 0 Å². The number of fused-ring (bicyclic) bond motifs is 1. The third-order valence-corrected chi connectivity index (χ3v) is 7.41. The number of hydrogen-bond acceptors (Lipinski definition) is 7. The molecule has 1 aliphatic heterocycles. The highest BCUT2D eigenvalue weighted by Crippen LogP contribution is 2.33. The smallest absolute Gasteiger partial charge is 0.309 e. The van der Waals surface area contributed by atoms with Gasteiger partial charge < -0.3 is 19.4 Å². The van der Waals surface area contributed by atoms with Gasteiger partial charge in [0.15, 0.2) is 11.5 Å². The molecule has 2 N–H and O–H groups in total. The average Bonchev–Trinajstić information content (AvgIpc) is 3.18. The van der Waals surface area contributed by atoms with Crippen molar-refractivity contribution in [3.05, 3.63) is 41.3 Å². The Kier molecular flexibility index (Phi) is 8.54. The number of rotatable bonds is 1. The summed E-state index contributed by atoms with van der Waals surface area (Å²) < 4.78 is 11.5. The summed E-state index contributed by atoms with van der Waals surface area (Å²) in [6.45, 7) is 10.7. The Morgan fingerprint density at radius 1 is 1.11 bits per heavy atom. The van der Waals surface area contributed by atoms with Crippen LogP contribution in [0.1, 0.15) is 84.3 Å². The predicted octanol–water partition coefficient (Wildman–Crippen LogP) is 5.22. The molecular formula is C28H39NO6. The third kappa shape index (κ3) is 6.39. The fourth-order valence-electron chi connectivity index (χ4n) is 4.81. The Hall–Kier alpha value is -2.51. The number of ketones is 1. The topological polar surface area (TPSA) is 110 Å². The summed E-state index contributed by atoms with van der Waals surface area (Å²) in [5.41, 5.74) is 2.10. The Balaban J connectivity index is 1.91. The summed E-state index contributed by atoms with van der Waals surface area (Å²) in [4.78, 5) is 30.4. The van der Waals surface area contributed by atoms with E-state index in [1.54, 1.807) is 27.7 Å². The molecule has 35 heavy (non-hydrogen) atoms. The molecule has 1 aromatic heterocycles. The van der Waals surface area contributed by atoms with E-state index in [0.717, 1.165) is 30.3 Å².